The van der Waals surface area contributed by atoms with Crippen molar-refractivity contribution < 1.29 is 27.9 Å². The summed E-state index contributed by atoms with van der Waals surface area (Å²) in [7, 11) is 0. The number of thioether (sulfide) groups is 1. The SMILES string of the molecule is CC(C)(CSc1ccccc1C(F)(F)F)NC(=O)C1[C@H]2CNC[C@@H]12.O=CO. The minimum Gasteiger partial charge on any atom is -0.483 e. The van der Waals surface area contributed by atoms with Gasteiger partial charge in [-0.3, -0.25) is 9.59 Å². The number of hydrogen-bond acceptors (Lipinski definition) is 4. The zero-order valence-electron chi connectivity index (χ0n) is 15.0. The third-order valence-corrected chi connectivity index (χ3v) is 6.17. The second kappa shape index (κ2) is 8.52. The van der Waals surface area contributed by atoms with Crippen LogP contribution < -0.4 is 10.6 Å². The molecule has 0 aromatic heterocycles. The first-order valence-corrected chi connectivity index (χ1v) is 9.49. The van der Waals surface area contributed by atoms with Gasteiger partial charge in [-0.1, -0.05) is 12.1 Å². The van der Waals surface area contributed by atoms with E-state index >= 15 is 0 Å². The molecule has 2 aliphatic rings. The van der Waals surface area contributed by atoms with Gasteiger partial charge in [-0.05, 0) is 50.9 Å². The van der Waals surface area contributed by atoms with Crippen molar-refractivity contribution in [1.29, 1.82) is 0 Å². The smallest absolute Gasteiger partial charge is 0.417 e. The summed E-state index contributed by atoms with van der Waals surface area (Å²) in [5.41, 5.74) is -1.19. The molecule has 1 saturated carbocycles. The molecule has 1 aromatic rings. The maximum atomic E-state index is 13.0. The number of fused-ring (bicyclic) bond motifs is 1. The number of nitrogens with one attached hydrogen (secondary N) is 2. The third kappa shape index (κ3) is 5.62. The standard InChI is InChI=1S/C17H21F3N2OS.CH2O2/c1-16(2,22-15(23)14-10-7-21-8-11(10)14)9-24-13-6-4-3-5-12(13)17(18,19)20;2-1-3/h3-6,10-11,14,21H,7-9H2,1-2H3,(H,22,23);1H,(H,2,3)/t10-,11+,14?;. The van der Waals surface area contributed by atoms with Crippen molar-refractivity contribution in [2.75, 3.05) is 18.8 Å². The van der Waals surface area contributed by atoms with Gasteiger partial charge in [0.05, 0.1) is 5.56 Å². The van der Waals surface area contributed by atoms with Gasteiger partial charge in [0, 0.05) is 22.1 Å². The Morgan fingerprint density at radius 1 is 1.30 bits per heavy atom. The highest BCUT2D eigenvalue weighted by Gasteiger charge is 2.57. The summed E-state index contributed by atoms with van der Waals surface area (Å²) >= 11 is 1.13. The van der Waals surface area contributed by atoms with Gasteiger partial charge in [0.2, 0.25) is 5.91 Å². The summed E-state index contributed by atoms with van der Waals surface area (Å²) in [5.74, 6) is 1.34. The molecule has 1 aliphatic heterocycles. The molecule has 3 N–H and O–H groups in total. The number of piperidine rings is 1. The summed E-state index contributed by atoms with van der Waals surface area (Å²) in [6.07, 6.45) is -4.37. The second-order valence-corrected chi connectivity index (χ2v) is 8.29. The van der Waals surface area contributed by atoms with Crippen LogP contribution in [0.1, 0.15) is 19.4 Å². The van der Waals surface area contributed by atoms with Crippen LogP contribution in [0.3, 0.4) is 0 Å². The zero-order valence-corrected chi connectivity index (χ0v) is 15.9. The maximum Gasteiger partial charge on any atom is 0.417 e. The first kappa shape index (κ1) is 21.6. The van der Waals surface area contributed by atoms with E-state index in [1.807, 2.05) is 13.8 Å². The van der Waals surface area contributed by atoms with E-state index < -0.39 is 17.3 Å². The number of benzene rings is 1. The van der Waals surface area contributed by atoms with E-state index in [0.717, 1.165) is 30.9 Å². The van der Waals surface area contributed by atoms with Crippen molar-refractivity contribution in [3.05, 3.63) is 29.8 Å². The predicted octanol–water partition coefficient (Wildman–Crippen LogP) is 2.86. The number of halogens is 3. The van der Waals surface area contributed by atoms with Crippen LogP contribution in [0.15, 0.2) is 29.2 Å². The Morgan fingerprint density at radius 2 is 1.85 bits per heavy atom. The van der Waals surface area contributed by atoms with Gasteiger partial charge in [-0.2, -0.15) is 13.2 Å². The fourth-order valence-electron chi connectivity index (χ4n) is 3.35. The van der Waals surface area contributed by atoms with E-state index in [9.17, 15) is 18.0 Å². The van der Waals surface area contributed by atoms with Gasteiger partial charge in [-0.25, -0.2) is 0 Å². The Bertz CT molecular complexity index is 672. The molecular weight excluding hydrogens is 381 g/mol. The lowest BCUT2D eigenvalue weighted by Gasteiger charge is -2.27. The predicted molar refractivity (Wildman–Crippen MR) is 96.4 cm³/mol. The van der Waals surface area contributed by atoms with Gasteiger partial charge < -0.3 is 15.7 Å². The van der Waals surface area contributed by atoms with Crippen LogP contribution in [-0.2, 0) is 15.8 Å². The van der Waals surface area contributed by atoms with Crippen LogP contribution in [0.5, 0.6) is 0 Å². The summed E-state index contributed by atoms with van der Waals surface area (Å²) < 4.78 is 39.1. The molecule has 1 heterocycles. The largest absolute Gasteiger partial charge is 0.483 e. The van der Waals surface area contributed by atoms with Crippen molar-refractivity contribution in [2.45, 2.75) is 30.5 Å². The molecule has 0 bridgehead atoms. The Balaban J connectivity index is 0.000000817. The average Bonchev–Trinajstić information content (AvgIpc) is 3.06. The normalized spacial score (nSPS) is 23.7. The highest BCUT2D eigenvalue weighted by molar-refractivity contribution is 7.99. The zero-order chi connectivity index (χ0) is 20.2. The molecule has 9 heteroatoms. The number of hydrogen-bond donors (Lipinski definition) is 3. The number of carbonyl (C=O) groups excluding carboxylic acids is 1. The van der Waals surface area contributed by atoms with Crippen molar-refractivity contribution in [2.24, 2.45) is 17.8 Å². The Kier molecular flexibility index (Phi) is 6.80. The molecule has 3 atom stereocenters. The van der Waals surface area contributed by atoms with Crippen LogP contribution in [0.25, 0.3) is 0 Å². The highest BCUT2D eigenvalue weighted by Crippen LogP contribution is 2.49. The van der Waals surface area contributed by atoms with E-state index in [1.54, 1.807) is 6.07 Å². The first-order chi connectivity index (χ1) is 12.6. The summed E-state index contributed by atoms with van der Waals surface area (Å²) in [6, 6.07) is 5.55. The van der Waals surface area contributed by atoms with Gasteiger partial charge in [0.1, 0.15) is 0 Å². The van der Waals surface area contributed by atoms with Crippen molar-refractivity contribution in [1.82, 2.24) is 10.6 Å². The molecule has 1 aromatic carbocycles. The molecule has 1 unspecified atom stereocenters. The molecule has 3 rings (SSSR count). The fourth-order valence-corrected chi connectivity index (χ4v) is 4.45. The van der Waals surface area contributed by atoms with E-state index in [0.29, 0.717) is 17.6 Å². The minimum absolute atomic E-state index is 0.0289. The number of rotatable bonds is 5. The Hall–Kier alpha value is -1.74. The summed E-state index contributed by atoms with van der Waals surface area (Å²) in [5, 5.41) is 13.1. The third-order valence-electron chi connectivity index (χ3n) is 4.64. The van der Waals surface area contributed by atoms with Crippen molar-refractivity contribution in [3.8, 4) is 0 Å². The lowest BCUT2D eigenvalue weighted by atomic mass is 10.1. The topological polar surface area (TPSA) is 78.4 Å². The average molecular weight is 404 g/mol. The lowest BCUT2D eigenvalue weighted by molar-refractivity contribution is -0.139. The Labute approximate surface area is 160 Å². The van der Waals surface area contributed by atoms with Crippen LogP contribution >= 0.6 is 11.8 Å². The van der Waals surface area contributed by atoms with Crippen LogP contribution in [0, 0.1) is 17.8 Å². The van der Waals surface area contributed by atoms with E-state index in [-0.39, 0.29) is 23.2 Å². The molecule has 1 aliphatic carbocycles. The second-order valence-electron chi connectivity index (χ2n) is 7.27. The van der Waals surface area contributed by atoms with E-state index in [4.69, 9.17) is 9.90 Å². The minimum atomic E-state index is -4.37. The van der Waals surface area contributed by atoms with Crippen molar-refractivity contribution in [3.63, 3.8) is 0 Å². The molecule has 0 spiro atoms. The van der Waals surface area contributed by atoms with E-state index in [1.165, 1.54) is 12.1 Å². The van der Waals surface area contributed by atoms with Gasteiger partial charge >= 0.3 is 6.18 Å². The number of carbonyl (C=O) groups is 2. The quantitative estimate of drug-likeness (QED) is 0.520. The molecule has 1 amide bonds. The highest BCUT2D eigenvalue weighted by atomic mass is 32.2. The molecule has 27 heavy (non-hydrogen) atoms. The van der Waals surface area contributed by atoms with Gasteiger partial charge in [0.15, 0.2) is 0 Å². The van der Waals surface area contributed by atoms with Crippen LogP contribution in [-0.4, -0.2) is 41.9 Å². The monoisotopic (exact) mass is 404 g/mol. The molecule has 1 saturated heterocycles. The lowest BCUT2D eigenvalue weighted by Crippen LogP contribution is -2.47. The van der Waals surface area contributed by atoms with Crippen LogP contribution in [0.2, 0.25) is 0 Å². The summed E-state index contributed by atoms with van der Waals surface area (Å²) in [4.78, 5) is 20.9. The molecule has 5 nitrogen and oxygen atoms in total. The van der Waals surface area contributed by atoms with E-state index in [2.05, 4.69) is 10.6 Å². The molecule has 150 valence electrons. The number of alkyl halides is 3. The molecule has 2 fully saturated rings. The molecule has 0 radical (unpaired) electrons. The van der Waals surface area contributed by atoms with Crippen molar-refractivity contribution >= 4 is 24.1 Å². The summed E-state index contributed by atoms with van der Waals surface area (Å²) in [6.45, 7) is 5.23. The Morgan fingerprint density at radius 3 is 2.41 bits per heavy atom. The van der Waals surface area contributed by atoms with Gasteiger partial charge in [0.25, 0.3) is 6.47 Å². The molecular formula is C18H23F3N2O3S. The van der Waals surface area contributed by atoms with Gasteiger partial charge in [-0.15, -0.1) is 11.8 Å². The maximum absolute atomic E-state index is 13.0. The fraction of sp³-hybridized carbons (Fsp3) is 0.556. The number of carboxylic acid groups (broad SMARTS) is 1. The first-order valence-electron chi connectivity index (χ1n) is 8.50. The number of amides is 1. The van der Waals surface area contributed by atoms with Crippen LogP contribution in [0.4, 0.5) is 13.2 Å².